The van der Waals surface area contributed by atoms with Crippen LogP contribution in [0.25, 0.3) is 0 Å². The topological polar surface area (TPSA) is 76.9 Å². The summed E-state index contributed by atoms with van der Waals surface area (Å²) in [4.78, 5) is 37.0. The summed E-state index contributed by atoms with van der Waals surface area (Å²) in [6, 6.07) is 8.44. The number of carbonyl (C=O) groups excluding carboxylic acids is 3. The highest BCUT2D eigenvalue weighted by molar-refractivity contribution is 5.81. The summed E-state index contributed by atoms with van der Waals surface area (Å²) in [7, 11) is 0. The fourth-order valence-electron chi connectivity index (χ4n) is 3.06. The molecule has 0 saturated carbocycles. The van der Waals surface area contributed by atoms with Crippen molar-refractivity contribution in [2.45, 2.75) is 57.7 Å². The molecule has 136 valence electrons. The van der Waals surface area contributed by atoms with Gasteiger partial charge in [-0.2, -0.15) is 0 Å². The SMILES string of the molecule is CC(C)(C)OC(=O)N[C@@H](Cc1ccccc1)C(=O)[NH+]1CCC[C@H]1C=O. The highest BCUT2D eigenvalue weighted by atomic mass is 16.6. The molecule has 6 nitrogen and oxygen atoms in total. The molecule has 0 aromatic heterocycles. The van der Waals surface area contributed by atoms with Gasteiger partial charge < -0.3 is 10.1 Å². The van der Waals surface area contributed by atoms with E-state index in [0.29, 0.717) is 24.3 Å². The zero-order chi connectivity index (χ0) is 18.4. The molecule has 1 aliphatic heterocycles. The first kappa shape index (κ1) is 19.1. The van der Waals surface area contributed by atoms with Crippen LogP contribution in [-0.2, 0) is 20.7 Å². The van der Waals surface area contributed by atoms with Crippen LogP contribution in [0.4, 0.5) is 4.79 Å². The van der Waals surface area contributed by atoms with Gasteiger partial charge in [0.15, 0.2) is 18.4 Å². The molecule has 2 N–H and O–H groups in total. The second-order valence-corrected chi connectivity index (χ2v) is 7.41. The van der Waals surface area contributed by atoms with E-state index in [9.17, 15) is 14.4 Å². The number of nitrogens with one attached hydrogen (secondary N) is 2. The average molecular weight is 347 g/mol. The van der Waals surface area contributed by atoms with Crippen LogP contribution in [0.15, 0.2) is 30.3 Å². The van der Waals surface area contributed by atoms with E-state index in [1.54, 1.807) is 20.8 Å². The van der Waals surface area contributed by atoms with Crippen molar-refractivity contribution >= 4 is 18.3 Å². The lowest BCUT2D eigenvalue weighted by atomic mass is 10.0. The number of carbonyl (C=O) groups is 3. The highest BCUT2D eigenvalue weighted by Crippen LogP contribution is 2.09. The summed E-state index contributed by atoms with van der Waals surface area (Å²) in [5, 5.41) is 2.70. The van der Waals surface area contributed by atoms with Gasteiger partial charge in [-0.05, 0) is 26.3 Å². The minimum absolute atomic E-state index is 0.163. The lowest BCUT2D eigenvalue weighted by molar-refractivity contribution is -0.823. The molecular weight excluding hydrogens is 320 g/mol. The van der Waals surface area contributed by atoms with Crippen LogP contribution in [0.2, 0.25) is 0 Å². The molecule has 0 radical (unpaired) electrons. The number of rotatable bonds is 5. The fraction of sp³-hybridized carbons (Fsp3) is 0.526. The van der Waals surface area contributed by atoms with Crippen molar-refractivity contribution in [1.29, 1.82) is 0 Å². The first-order chi connectivity index (χ1) is 11.8. The number of likely N-dealkylation sites (tertiary alicyclic amines) is 1. The highest BCUT2D eigenvalue weighted by Gasteiger charge is 2.39. The Labute approximate surface area is 148 Å². The predicted octanol–water partition coefficient (Wildman–Crippen LogP) is 0.895. The summed E-state index contributed by atoms with van der Waals surface area (Å²) >= 11 is 0. The Morgan fingerprint density at radius 3 is 2.60 bits per heavy atom. The first-order valence-electron chi connectivity index (χ1n) is 8.69. The molecule has 6 heteroatoms. The number of hydrogen-bond donors (Lipinski definition) is 2. The van der Waals surface area contributed by atoms with Gasteiger partial charge in [-0.3, -0.25) is 9.69 Å². The molecule has 0 bridgehead atoms. The average Bonchev–Trinajstić information content (AvgIpc) is 3.01. The van der Waals surface area contributed by atoms with E-state index in [0.717, 1.165) is 18.3 Å². The number of aldehydes is 1. The Morgan fingerprint density at radius 2 is 2.00 bits per heavy atom. The molecule has 1 unspecified atom stereocenters. The molecule has 25 heavy (non-hydrogen) atoms. The van der Waals surface area contributed by atoms with Crippen molar-refractivity contribution < 1.29 is 24.0 Å². The third kappa shape index (κ3) is 5.67. The second kappa shape index (κ2) is 8.25. The number of hydrogen-bond acceptors (Lipinski definition) is 4. The van der Waals surface area contributed by atoms with Crippen molar-refractivity contribution in [3.63, 3.8) is 0 Å². The van der Waals surface area contributed by atoms with E-state index < -0.39 is 17.7 Å². The van der Waals surface area contributed by atoms with Gasteiger partial charge in [-0.15, -0.1) is 0 Å². The maximum Gasteiger partial charge on any atom is 0.408 e. The van der Waals surface area contributed by atoms with E-state index in [1.165, 1.54) is 0 Å². The van der Waals surface area contributed by atoms with Crippen LogP contribution >= 0.6 is 0 Å². The van der Waals surface area contributed by atoms with Crippen LogP contribution < -0.4 is 10.2 Å². The summed E-state index contributed by atoms with van der Waals surface area (Å²) in [5.41, 5.74) is 0.300. The van der Waals surface area contributed by atoms with Gasteiger partial charge in [0.05, 0.1) is 6.54 Å². The fourth-order valence-corrected chi connectivity index (χ4v) is 3.06. The van der Waals surface area contributed by atoms with E-state index in [4.69, 9.17) is 4.74 Å². The molecule has 3 atom stereocenters. The molecule has 1 aromatic rings. The van der Waals surface area contributed by atoms with Crippen LogP contribution in [0.1, 0.15) is 39.2 Å². The zero-order valence-corrected chi connectivity index (χ0v) is 15.1. The maximum absolute atomic E-state index is 13.0. The standard InChI is InChI=1S/C19H26N2O4/c1-19(2,3)25-18(24)20-16(12-14-8-5-4-6-9-14)17(23)21-11-7-10-15(21)13-22/h4-6,8-9,13,15-16H,7,10-12H2,1-3H3,(H,20,24)/p+1/t15-,16-/m0/s1. The largest absolute Gasteiger partial charge is 0.444 e. The minimum atomic E-state index is -0.729. The summed E-state index contributed by atoms with van der Waals surface area (Å²) < 4.78 is 5.29. The third-order valence-corrected chi connectivity index (χ3v) is 4.18. The van der Waals surface area contributed by atoms with E-state index in [-0.39, 0.29) is 11.9 Å². The molecular formula is C19H27N2O4+. The molecule has 1 heterocycles. The van der Waals surface area contributed by atoms with Crippen molar-refractivity contribution in [2.75, 3.05) is 6.54 Å². The number of alkyl carbamates (subject to hydrolysis) is 1. The maximum atomic E-state index is 13.0. The summed E-state index contributed by atoms with van der Waals surface area (Å²) in [6.07, 6.45) is 2.12. The Balaban J connectivity index is 2.14. The quantitative estimate of drug-likeness (QED) is 0.776. The van der Waals surface area contributed by atoms with Gasteiger partial charge in [0.1, 0.15) is 5.60 Å². The molecule has 1 aliphatic rings. The Bertz CT molecular complexity index is 610. The lowest BCUT2D eigenvalue weighted by Crippen LogP contribution is -3.18. The Hall–Kier alpha value is -2.21. The van der Waals surface area contributed by atoms with E-state index >= 15 is 0 Å². The predicted molar refractivity (Wildman–Crippen MR) is 93.2 cm³/mol. The van der Waals surface area contributed by atoms with Crippen LogP contribution in [0.3, 0.4) is 0 Å². The normalized spacial score (nSPS) is 21.4. The second-order valence-electron chi connectivity index (χ2n) is 7.41. The molecule has 0 spiro atoms. The molecule has 2 amide bonds. The number of quaternary nitrogens is 1. The minimum Gasteiger partial charge on any atom is -0.444 e. The van der Waals surface area contributed by atoms with E-state index in [1.807, 2.05) is 30.3 Å². The van der Waals surface area contributed by atoms with E-state index in [2.05, 4.69) is 5.32 Å². The van der Waals surface area contributed by atoms with Gasteiger partial charge in [-0.25, -0.2) is 9.59 Å². The van der Waals surface area contributed by atoms with Gasteiger partial charge >= 0.3 is 12.0 Å². The number of amides is 2. The first-order valence-corrected chi connectivity index (χ1v) is 8.69. The molecule has 2 rings (SSSR count). The van der Waals surface area contributed by atoms with Crippen molar-refractivity contribution in [3.8, 4) is 0 Å². The smallest absolute Gasteiger partial charge is 0.408 e. The molecule has 1 fully saturated rings. The van der Waals surface area contributed by atoms with Gasteiger partial charge in [0, 0.05) is 19.3 Å². The molecule has 1 aromatic carbocycles. The number of benzene rings is 1. The Morgan fingerprint density at radius 1 is 1.32 bits per heavy atom. The monoisotopic (exact) mass is 347 g/mol. The van der Waals surface area contributed by atoms with Gasteiger partial charge in [0.2, 0.25) is 0 Å². The summed E-state index contributed by atoms with van der Waals surface area (Å²) in [6.45, 7) is 5.93. The van der Waals surface area contributed by atoms with Crippen LogP contribution in [0.5, 0.6) is 0 Å². The van der Waals surface area contributed by atoms with Crippen LogP contribution in [-0.4, -0.2) is 42.5 Å². The number of ether oxygens (including phenoxy) is 1. The van der Waals surface area contributed by atoms with Crippen molar-refractivity contribution in [2.24, 2.45) is 0 Å². The van der Waals surface area contributed by atoms with Gasteiger partial charge in [0.25, 0.3) is 0 Å². The lowest BCUT2D eigenvalue weighted by Gasteiger charge is -2.25. The van der Waals surface area contributed by atoms with Gasteiger partial charge in [-0.1, -0.05) is 30.3 Å². The van der Waals surface area contributed by atoms with Crippen LogP contribution in [0, 0.1) is 0 Å². The Kier molecular flexibility index (Phi) is 6.31. The van der Waals surface area contributed by atoms with Crippen molar-refractivity contribution in [3.05, 3.63) is 35.9 Å². The van der Waals surface area contributed by atoms with Crippen molar-refractivity contribution in [1.82, 2.24) is 5.32 Å². The zero-order valence-electron chi connectivity index (χ0n) is 15.1. The molecule has 1 saturated heterocycles. The third-order valence-electron chi connectivity index (χ3n) is 4.18. The summed E-state index contributed by atoms with van der Waals surface area (Å²) in [5.74, 6) is -0.163. The molecule has 0 aliphatic carbocycles.